The van der Waals surface area contributed by atoms with E-state index in [0.717, 1.165) is 18.5 Å². The molecule has 3 rings (SSSR count). The van der Waals surface area contributed by atoms with Crippen molar-refractivity contribution >= 4 is 5.91 Å². The van der Waals surface area contributed by atoms with Gasteiger partial charge in [0.2, 0.25) is 5.95 Å². The topological polar surface area (TPSA) is 54.9 Å². The Bertz CT molecular complexity index is 624. The van der Waals surface area contributed by atoms with Gasteiger partial charge in [-0.15, -0.1) is 0 Å². The number of pyridine rings is 2. The van der Waals surface area contributed by atoms with Gasteiger partial charge in [0, 0.05) is 12.4 Å². The molecule has 1 aliphatic carbocycles. The minimum absolute atomic E-state index is 0.110. The molecule has 0 spiro atoms. The Kier molecular flexibility index (Phi) is 4.42. The number of nitrogens with one attached hydrogen (secondary N) is 1. The Labute approximate surface area is 128 Å². The second-order valence-electron chi connectivity index (χ2n) is 5.62. The molecule has 0 aliphatic heterocycles. The third-order valence-electron chi connectivity index (χ3n) is 4.15. The second kappa shape index (κ2) is 6.64. The van der Waals surface area contributed by atoms with Crippen LogP contribution >= 0.6 is 0 Å². The number of nitrogens with zero attached hydrogens (tertiary/aromatic N) is 2. The predicted molar refractivity (Wildman–Crippen MR) is 80.6 cm³/mol. The van der Waals surface area contributed by atoms with E-state index >= 15 is 0 Å². The van der Waals surface area contributed by atoms with Crippen molar-refractivity contribution in [3.05, 3.63) is 59.9 Å². The van der Waals surface area contributed by atoms with Crippen LogP contribution in [0.3, 0.4) is 0 Å². The average Bonchev–Trinajstić information content (AvgIpc) is 3.08. The average molecular weight is 299 g/mol. The van der Waals surface area contributed by atoms with Crippen molar-refractivity contribution in [2.24, 2.45) is 5.92 Å². The van der Waals surface area contributed by atoms with Gasteiger partial charge in [-0.05, 0) is 43.0 Å². The lowest BCUT2D eigenvalue weighted by Gasteiger charge is -2.24. The SMILES string of the molecule is O=C(N[C@@H](c1ccccn1)C1CCCC1)c1ccc(F)nc1. The first-order chi connectivity index (χ1) is 10.7. The van der Waals surface area contributed by atoms with Gasteiger partial charge in [-0.25, -0.2) is 4.98 Å². The van der Waals surface area contributed by atoms with Crippen LogP contribution < -0.4 is 5.32 Å². The summed E-state index contributed by atoms with van der Waals surface area (Å²) in [7, 11) is 0. The van der Waals surface area contributed by atoms with Crippen molar-refractivity contribution < 1.29 is 9.18 Å². The van der Waals surface area contributed by atoms with E-state index in [9.17, 15) is 9.18 Å². The zero-order valence-electron chi connectivity index (χ0n) is 12.2. The number of amides is 1. The van der Waals surface area contributed by atoms with Gasteiger partial charge in [-0.2, -0.15) is 4.39 Å². The Morgan fingerprint density at radius 2 is 2.00 bits per heavy atom. The fraction of sp³-hybridized carbons (Fsp3) is 0.353. The Balaban J connectivity index is 1.80. The molecular weight excluding hydrogens is 281 g/mol. The lowest BCUT2D eigenvalue weighted by Crippen LogP contribution is -2.33. The summed E-state index contributed by atoms with van der Waals surface area (Å²) in [4.78, 5) is 20.3. The number of aromatic nitrogens is 2. The molecule has 5 heteroatoms. The van der Waals surface area contributed by atoms with E-state index in [2.05, 4.69) is 15.3 Å². The van der Waals surface area contributed by atoms with Crippen molar-refractivity contribution in [1.29, 1.82) is 0 Å². The molecule has 2 aromatic rings. The minimum atomic E-state index is -0.589. The number of hydrogen-bond acceptors (Lipinski definition) is 3. The Morgan fingerprint density at radius 1 is 1.18 bits per heavy atom. The fourth-order valence-corrected chi connectivity index (χ4v) is 3.02. The van der Waals surface area contributed by atoms with Gasteiger partial charge in [0.15, 0.2) is 0 Å². The molecule has 1 fully saturated rings. The van der Waals surface area contributed by atoms with Crippen LogP contribution in [0, 0.1) is 11.9 Å². The van der Waals surface area contributed by atoms with Crippen LogP contribution in [-0.2, 0) is 0 Å². The molecule has 2 heterocycles. The summed E-state index contributed by atoms with van der Waals surface area (Å²) < 4.78 is 12.9. The van der Waals surface area contributed by atoms with E-state index < -0.39 is 5.95 Å². The summed E-state index contributed by atoms with van der Waals surface area (Å²) in [5.74, 6) is -0.434. The van der Waals surface area contributed by atoms with Crippen molar-refractivity contribution in [2.75, 3.05) is 0 Å². The van der Waals surface area contributed by atoms with Crippen molar-refractivity contribution in [2.45, 2.75) is 31.7 Å². The standard InChI is InChI=1S/C17H18FN3O/c18-15-9-8-13(11-20-15)17(22)21-16(12-5-1-2-6-12)14-7-3-4-10-19-14/h3-4,7-12,16H,1-2,5-6H2,(H,21,22)/t16-/m1/s1. The summed E-state index contributed by atoms with van der Waals surface area (Å²) in [5.41, 5.74) is 1.23. The van der Waals surface area contributed by atoms with E-state index in [1.165, 1.54) is 31.2 Å². The zero-order chi connectivity index (χ0) is 15.4. The lowest BCUT2D eigenvalue weighted by molar-refractivity contribution is 0.0920. The highest BCUT2D eigenvalue weighted by Gasteiger charge is 2.28. The number of carbonyl (C=O) groups is 1. The first kappa shape index (κ1) is 14.6. The molecule has 1 saturated carbocycles. The highest BCUT2D eigenvalue weighted by atomic mass is 19.1. The van der Waals surface area contributed by atoms with Crippen molar-refractivity contribution in [1.82, 2.24) is 15.3 Å². The summed E-state index contributed by atoms with van der Waals surface area (Å²) in [6.45, 7) is 0. The number of hydrogen-bond donors (Lipinski definition) is 1. The molecule has 1 aliphatic rings. The van der Waals surface area contributed by atoms with Crippen LogP contribution in [0.2, 0.25) is 0 Å². The molecule has 4 nitrogen and oxygen atoms in total. The third-order valence-corrected chi connectivity index (χ3v) is 4.15. The monoisotopic (exact) mass is 299 g/mol. The van der Waals surface area contributed by atoms with Crippen LogP contribution in [0.25, 0.3) is 0 Å². The van der Waals surface area contributed by atoms with Crippen LogP contribution in [0.1, 0.15) is 47.8 Å². The minimum Gasteiger partial charge on any atom is -0.343 e. The maximum Gasteiger partial charge on any atom is 0.253 e. The molecule has 1 N–H and O–H groups in total. The van der Waals surface area contributed by atoms with Crippen molar-refractivity contribution in [3.8, 4) is 0 Å². The fourth-order valence-electron chi connectivity index (χ4n) is 3.02. The van der Waals surface area contributed by atoms with Gasteiger partial charge < -0.3 is 5.32 Å². The normalized spacial score (nSPS) is 16.4. The molecule has 1 amide bonds. The van der Waals surface area contributed by atoms with Gasteiger partial charge in [-0.3, -0.25) is 9.78 Å². The zero-order valence-corrected chi connectivity index (χ0v) is 12.2. The van der Waals surface area contributed by atoms with Gasteiger partial charge in [0.05, 0.1) is 17.3 Å². The summed E-state index contributed by atoms with van der Waals surface area (Å²) >= 11 is 0. The Hall–Kier alpha value is -2.30. The van der Waals surface area contributed by atoms with E-state index in [0.29, 0.717) is 11.5 Å². The van der Waals surface area contributed by atoms with Crippen LogP contribution in [0.15, 0.2) is 42.7 Å². The molecule has 22 heavy (non-hydrogen) atoms. The van der Waals surface area contributed by atoms with Crippen LogP contribution in [-0.4, -0.2) is 15.9 Å². The molecular formula is C17H18FN3O. The van der Waals surface area contributed by atoms with E-state index in [1.54, 1.807) is 6.20 Å². The van der Waals surface area contributed by atoms with Crippen LogP contribution in [0.4, 0.5) is 4.39 Å². The number of halogens is 1. The largest absolute Gasteiger partial charge is 0.343 e. The van der Waals surface area contributed by atoms with Gasteiger partial charge >= 0.3 is 0 Å². The molecule has 0 unspecified atom stereocenters. The molecule has 0 radical (unpaired) electrons. The maximum atomic E-state index is 12.9. The second-order valence-corrected chi connectivity index (χ2v) is 5.62. The predicted octanol–water partition coefficient (Wildman–Crippen LogP) is 3.28. The molecule has 114 valence electrons. The molecule has 0 bridgehead atoms. The third kappa shape index (κ3) is 3.30. The first-order valence-electron chi connectivity index (χ1n) is 7.57. The summed E-state index contributed by atoms with van der Waals surface area (Å²) in [6, 6.07) is 8.26. The van der Waals surface area contributed by atoms with E-state index in [4.69, 9.17) is 0 Å². The number of carbonyl (C=O) groups excluding carboxylic acids is 1. The molecule has 2 aromatic heterocycles. The summed E-state index contributed by atoms with van der Waals surface area (Å²) in [5, 5.41) is 3.05. The number of rotatable bonds is 4. The first-order valence-corrected chi connectivity index (χ1v) is 7.57. The van der Waals surface area contributed by atoms with Gasteiger partial charge in [0.1, 0.15) is 0 Å². The van der Waals surface area contributed by atoms with Gasteiger partial charge in [0.25, 0.3) is 5.91 Å². The van der Waals surface area contributed by atoms with Crippen molar-refractivity contribution in [3.63, 3.8) is 0 Å². The smallest absolute Gasteiger partial charge is 0.253 e. The summed E-state index contributed by atoms with van der Waals surface area (Å²) in [6.07, 6.45) is 7.54. The molecule has 0 aromatic carbocycles. The van der Waals surface area contributed by atoms with E-state index in [-0.39, 0.29) is 11.9 Å². The maximum absolute atomic E-state index is 12.9. The highest BCUT2D eigenvalue weighted by Crippen LogP contribution is 2.35. The lowest BCUT2D eigenvalue weighted by atomic mass is 9.94. The highest BCUT2D eigenvalue weighted by molar-refractivity contribution is 5.94. The van der Waals surface area contributed by atoms with Gasteiger partial charge in [-0.1, -0.05) is 18.9 Å². The molecule has 1 atom stereocenters. The van der Waals surface area contributed by atoms with Crippen LogP contribution in [0.5, 0.6) is 0 Å². The molecule has 0 saturated heterocycles. The van der Waals surface area contributed by atoms with E-state index in [1.807, 2.05) is 18.2 Å². The Morgan fingerprint density at radius 3 is 2.64 bits per heavy atom. The quantitative estimate of drug-likeness (QED) is 0.881.